The minimum atomic E-state index is -1.35. The van der Waals surface area contributed by atoms with E-state index in [4.69, 9.17) is 14.2 Å². The Labute approximate surface area is 147 Å². The third kappa shape index (κ3) is 6.39. The first kappa shape index (κ1) is 21.0. The van der Waals surface area contributed by atoms with E-state index in [1.165, 1.54) is 19.5 Å². The van der Waals surface area contributed by atoms with Crippen LogP contribution >= 0.6 is 0 Å². The van der Waals surface area contributed by atoms with Gasteiger partial charge in [-0.2, -0.15) is 0 Å². The van der Waals surface area contributed by atoms with Gasteiger partial charge in [-0.15, -0.1) is 0 Å². The molecule has 0 radical (unpaired) electrons. The van der Waals surface area contributed by atoms with Crippen molar-refractivity contribution in [3.63, 3.8) is 0 Å². The molecule has 0 amide bonds. The minimum Gasteiger partial charge on any atom is -0.468 e. The SMILES string of the molecule is CCOC(OCC)c1cnc(C(C(=O)OC)C(=O)OC(C)(C)C)nc1. The van der Waals surface area contributed by atoms with Crippen molar-refractivity contribution in [2.24, 2.45) is 0 Å². The summed E-state index contributed by atoms with van der Waals surface area (Å²) in [5.74, 6) is -2.90. The molecular formula is C17H26N2O6. The molecule has 0 fully saturated rings. The van der Waals surface area contributed by atoms with E-state index in [0.29, 0.717) is 18.8 Å². The van der Waals surface area contributed by atoms with Crippen LogP contribution < -0.4 is 0 Å². The third-order valence-corrected chi connectivity index (χ3v) is 2.94. The summed E-state index contributed by atoms with van der Waals surface area (Å²) >= 11 is 0. The standard InChI is InChI=1S/C17H26N2O6/c1-7-23-16(24-8-2)11-9-18-13(19-10-11)12(14(20)22-6)15(21)25-17(3,4)5/h9-10,12,16H,7-8H2,1-6H3. The van der Waals surface area contributed by atoms with E-state index in [-0.39, 0.29) is 5.82 Å². The van der Waals surface area contributed by atoms with Crippen LogP contribution in [-0.4, -0.2) is 47.8 Å². The van der Waals surface area contributed by atoms with E-state index >= 15 is 0 Å². The first-order valence-electron chi connectivity index (χ1n) is 8.09. The quantitative estimate of drug-likeness (QED) is 0.398. The second-order valence-electron chi connectivity index (χ2n) is 6.11. The summed E-state index contributed by atoms with van der Waals surface area (Å²) in [5, 5.41) is 0. The van der Waals surface area contributed by atoms with E-state index in [2.05, 4.69) is 14.7 Å². The molecule has 8 heteroatoms. The van der Waals surface area contributed by atoms with E-state index in [0.717, 1.165) is 0 Å². The summed E-state index contributed by atoms with van der Waals surface area (Å²) in [6.45, 7) is 9.71. The van der Waals surface area contributed by atoms with Crippen molar-refractivity contribution in [1.29, 1.82) is 0 Å². The maximum atomic E-state index is 12.3. The predicted octanol–water partition coefficient (Wildman–Crippen LogP) is 2.15. The Bertz CT molecular complexity index is 561. The summed E-state index contributed by atoms with van der Waals surface area (Å²) < 4.78 is 20.9. The van der Waals surface area contributed by atoms with E-state index in [9.17, 15) is 9.59 Å². The molecule has 0 saturated carbocycles. The monoisotopic (exact) mass is 354 g/mol. The highest BCUT2D eigenvalue weighted by atomic mass is 16.7. The van der Waals surface area contributed by atoms with E-state index in [1.54, 1.807) is 20.8 Å². The zero-order valence-electron chi connectivity index (χ0n) is 15.6. The molecule has 0 N–H and O–H groups in total. The summed E-state index contributed by atoms with van der Waals surface area (Å²) in [5.41, 5.74) is -0.168. The number of aromatic nitrogens is 2. The van der Waals surface area contributed by atoms with Crippen LogP contribution in [0.4, 0.5) is 0 Å². The molecule has 0 spiro atoms. The fraction of sp³-hybridized carbons (Fsp3) is 0.647. The number of ether oxygens (including phenoxy) is 4. The highest BCUT2D eigenvalue weighted by molar-refractivity contribution is 6.00. The van der Waals surface area contributed by atoms with Crippen LogP contribution in [0.3, 0.4) is 0 Å². The van der Waals surface area contributed by atoms with Crippen LogP contribution in [0.2, 0.25) is 0 Å². The number of carbonyl (C=O) groups excluding carboxylic acids is 2. The summed E-state index contributed by atoms with van der Waals surface area (Å²) in [7, 11) is 1.19. The lowest BCUT2D eigenvalue weighted by molar-refractivity contribution is -0.163. The van der Waals surface area contributed by atoms with Gasteiger partial charge in [0.25, 0.3) is 0 Å². The molecule has 0 aromatic carbocycles. The molecule has 0 aliphatic rings. The summed E-state index contributed by atoms with van der Waals surface area (Å²) in [6, 6.07) is 0. The zero-order valence-corrected chi connectivity index (χ0v) is 15.6. The number of rotatable bonds is 8. The second kappa shape index (κ2) is 9.43. The Morgan fingerprint density at radius 3 is 1.96 bits per heavy atom. The van der Waals surface area contributed by atoms with Gasteiger partial charge in [0.2, 0.25) is 5.92 Å². The molecule has 1 atom stereocenters. The van der Waals surface area contributed by atoms with Crippen LogP contribution in [0, 0.1) is 0 Å². The Morgan fingerprint density at radius 1 is 1.04 bits per heavy atom. The van der Waals surface area contributed by atoms with Gasteiger partial charge in [-0.05, 0) is 34.6 Å². The Balaban J connectivity index is 3.07. The van der Waals surface area contributed by atoms with Crippen molar-refractivity contribution in [2.75, 3.05) is 20.3 Å². The minimum absolute atomic E-state index is 0.00315. The molecular weight excluding hydrogens is 328 g/mol. The Hall–Kier alpha value is -2.06. The molecule has 0 aliphatic carbocycles. The molecule has 1 aromatic heterocycles. The first-order valence-corrected chi connectivity index (χ1v) is 8.09. The fourth-order valence-corrected chi connectivity index (χ4v) is 1.95. The maximum absolute atomic E-state index is 12.3. The predicted molar refractivity (Wildman–Crippen MR) is 88.6 cm³/mol. The van der Waals surface area contributed by atoms with Crippen LogP contribution in [0.15, 0.2) is 12.4 Å². The number of hydrogen-bond acceptors (Lipinski definition) is 8. The van der Waals surface area contributed by atoms with Gasteiger partial charge < -0.3 is 18.9 Å². The summed E-state index contributed by atoms with van der Waals surface area (Å²) in [4.78, 5) is 32.6. The molecule has 1 rings (SSSR count). The van der Waals surface area contributed by atoms with Crippen molar-refractivity contribution in [2.45, 2.75) is 52.4 Å². The van der Waals surface area contributed by atoms with Gasteiger partial charge in [0.05, 0.1) is 7.11 Å². The lowest BCUT2D eigenvalue weighted by atomic mass is 10.1. The third-order valence-electron chi connectivity index (χ3n) is 2.94. The van der Waals surface area contributed by atoms with Crippen LogP contribution in [-0.2, 0) is 28.5 Å². The molecule has 0 aliphatic heterocycles. The van der Waals surface area contributed by atoms with Gasteiger partial charge in [0.15, 0.2) is 12.1 Å². The average molecular weight is 354 g/mol. The molecule has 8 nitrogen and oxygen atoms in total. The number of methoxy groups -OCH3 is 1. The van der Waals surface area contributed by atoms with E-state index in [1.807, 2.05) is 13.8 Å². The van der Waals surface area contributed by atoms with Crippen molar-refractivity contribution < 1.29 is 28.5 Å². The fourth-order valence-electron chi connectivity index (χ4n) is 1.95. The van der Waals surface area contributed by atoms with Crippen molar-refractivity contribution in [3.05, 3.63) is 23.8 Å². The maximum Gasteiger partial charge on any atom is 0.328 e. The summed E-state index contributed by atoms with van der Waals surface area (Å²) in [6.07, 6.45) is 2.30. The number of nitrogens with zero attached hydrogens (tertiary/aromatic N) is 2. The molecule has 0 saturated heterocycles. The smallest absolute Gasteiger partial charge is 0.328 e. The molecule has 1 aromatic rings. The molecule has 0 bridgehead atoms. The Kier molecular flexibility index (Phi) is 7.92. The largest absolute Gasteiger partial charge is 0.468 e. The van der Waals surface area contributed by atoms with Crippen molar-refractivity contribution in [3.8, 4) is 0 Å². The van der Waals surface area contributed by atoms with Gasteiger partial charge in [-0.3, -0.25) is 9.59 Å². The highest BCUT2D eigenvalue weighted by Crippen LogP contribution is 2.22. The normalized spacial score (nSPS) is 12.8. The molecule has 25 heavy (non-hydrogen) atoms. The van der Waals surface area contributed by atoms with E-state index < -0.39 is 29.7 Å². The van der Waals surface area contributed by atoms with Crippen LogP contribution in [0.25, 0.3) is 0 Å². The number of carbonyl (C=O) groups is 2. The zero-order chi connectivity index (χ0) is 19.0. The van der Waals surface area contributed by atoms with Crippen LogP contribution in [0.5, 0.6) is 0 Å². The second-order valence-corrected chi connectivity index (χ2v) is 6.11. The van der Waals surface area contributed by atoms with Crippen molar-refractivity contribution >= 4 is 11.9 Å². The molecule has 140 valence electrons. The van der Waals surface area contributed by atoms with Crippen LogP contribution in [0.1, 0.15) is 58.2 Å². The first-order chi connectivity index (χ1) is 11.7. The highest BCUT2D eigenvalue weighted by Gasteiger charge is 2.36. The lowest BCUT2D eigenvalue weighted by Gasteiger charge is -2.22. The Morgan fingerprint density at radius 2 is 1.56 bits per heavy atom. The molecule has 1 heterocycles. The topological polar surface area (TPSA) is 96.8 Å². The average Bonchev–Trinajstić information content (AvgIpc) is 2.53. The number of esters is 2. The lowest BCUT2D eigenvalue weighted by Crippen LogP contribution is -2.33. The van der Waals surface area contributed by atoms with Gasteiger partial charge in [-0.1, -0.05) is 0 Å². The molecule has 1 unspecified atom stereocenters. The number of hydrogen-bond donors (Lipinski definition) is 0. The van der Waals surface area contributed by atoms with Gasteiger partial charge in [0.1, 0.15) is 5.60 Å². The van der Waals surface area contributed by atoms with Crippen molar-refractivity contribution in [1.82, 2.24) is 9.97 Å². The van der Waals surface area contributed by atoms with Gasteiger partial charge >= 0.3 is 11.9 Å². The van der Waals surface area contributed by atoms with Gasteiger partial charge in [-0.25, -0.2) is 9.97 Å². The van der Waals surface area contributed by atoms with Gasteiger partial charge in [0, 0.05) is 31.2 Å².